The Bertz CT molecular complexity index is 1820. The first-order valence-electron chi connectivity index (χ1n) is 17.1. The van der Waals surface area contributed by atoms with Crippen molar-refractivity contribution in [1.82, 2.24) is 9.38 Å². The SMILES string of the molecule is Cc1ccc2c(c1)-c1cccc(c1)-c1nc3cc(C)c([C@H](OC(C)(C)C)C(=O)O)c(n3c1Cl)N1CCC(C)(CC1)OCCCC[C@@H](C)O2. The van der Waals surface area contributed by atoms with Crippen LogP contribution in [0.3, 0.4) is 0 Å². The largest absolute Gasteiger partial charge is 0.490 e. The highest BCUT2D eigenvalue weighted by atomic mass is 35.5. The molecule has 9 heteroatoms. The lowest BCUT2D eigenvalue weighted by molar-refractivity contribution is -0.160. The van der Waals surface area contributed by atoms with Gasteiger partial charge in [0.2, 0.25) is 0 Å². The predicted molar refractivity (Wildman–Crippen MR) is 192 cm³/mol. The van der Waals surface area contributed by atoms with E-state index in [-0.39, 0.29) is 11.7 Å². The van der Waals surface area contributed by atoms with Gasteiger partial charge in [0.05, 0.1) is 17.3 Å². The van der Waals surface area contributed by atoms with E-state index >= 15 is 0 Å². The number of carboxylic acid groups (broad SMARTS) is 1. The van der Waals surface area contributed by atoms with E-state index in [1.165, 1.54) is 0 Å². The third-order valence-electron chi connectivity index (χ3n) is 9.51. The summed E-state index contributed by atoms with van der Waals surface area (Å²) in [5.74, 6) is 0.506. The zero-order valence-corrected chi connectivity index (χ0v) is 30.0. The Hall–Kier alpha value is -3.59. The van der Waals surface area contributed by atoms with Crippen molar-refractivity contribution in [2.45, 2.75) is 104 Å². The van der Waals surface area contributed by atoms with Crippen molar-refractivity contribution in [2.24, 2.45) is 0 Å². The number of imidazole rings is 1. The number of carboxylic acids is 1. The van der Waals surface area contributed by atoms with Crippen molar-refractivity contribution in [1.29, 1.82) is 0 Å². The van der Waals surface area contributed by atoms with Gasteiger partial charge in [0.25, 0.3) is 0 Å². The number of aryl methyl sites for hydroxylation is 2. The van der Waals surface area contributed by atoms with Crippen molar-refractivity contribution in [2.75, 3.05) is 24.6 Å². The molecule has 3 aliphatic heterocycles. The molecule has 2 atom stereocenters. The molecular formula is C39H48ClN3O5. The van der Waals surface area contributed by atoms with E-state index in [9.17, 15) is 9.90 Å². The van der Waals surface area contributed by atoms with E-state index < -0.39 is 17.7 Å². The molecule has 3 aliphatic rings. The second-order valence-electron chi connectivity index (χ2n) is 14.7. The van der Waals surface area contributed by atoms with E-state index in [1.807, 2.05) is 50.3 Å². The van der Waals surface area contributed by atoms with Gasteiger partial charge in [0, 0.05) is 36.4 Å². The number of hydrogen-bond acceptors (Lipinski definition) is 6. The van der Waals surface area contributed by atoms with Crippen LogP contribution in [0.4, 0.5) is 5.82 Å². The second-order valence-corrected chi connectivity index (χ2v) is 15.1. The summed E-state index contributed by atoms with van der Waals surface area (Å²) >= 11 is 7.35. The van der Waals surface area contributed by atoms with Gasteiger partial charge in [-0.1, -0.05) is 41.4 Å². The lowest BCUT2D eigenvalue weighted by Crippen LogP contribution is -2.45. The number of halogens is 1. The Morgan fingerprint density at radius 3 is 2.52 bits per heavy atom. The summed E-state index contributed by atoms with van der Waals surface area (Å²) in [6.45, 7) is 16.0. The van der Waals surface area contributed by atoms with Gasteiger partial charge in [0.15, 0.2) is 6.10 Å². The van der Waals surface area contributed by atoms with Gasteiger partial charge >= 0.3 is 5.97 Å². The van der Waals surface area contributed by atoms with Crippen LogP contribution in [0.5, 0.6) is 5.75 Å². The number of benzene rings is 2. The van der Waals surface area contributed by atoms with E-state index in [1.54, 1.807) is 0 Å². The van der Waals surface area contributed by atoms with Gasteiger partial charge in [-0.25, -0.2) is 9.78 Å². The van der Waals surface area contributed by atoms with Gasteiger partial charge in [0.1, 0.15) is 28.1 Å². The molecule has 8 nitrogen and oxygen atoms in total. The number of aromatic nitrogens is 2. The maximum Gasteiger partial charge on any atom is 0.337 e. The van der Waals surface area contributed by atoms with Crippen LogP contribution in [0.25, 0.3) is 28.0 Å². The molecule has 7 rings (SSSR count). The molecule has 256 valence electrons. The monoisotopic (exact) mass is 673 g/mol. The number of rotatable bonds is 3. The third kappa shape index (κ3) is 7.07. The molecule has 0 radical (unpaired) electrons. The van der Waals surface area contributed by atoms with Crippen molar-refractivity contribution >= 4 is 29.0 Å². The van der Waals surface area contributed by atoms with Crippen molar-refractivity contribution < 1.29 is 24.1 Å². The van der Waals surface area contributed by atoms with Crippen LogP contribution in [0, 0.1) is 13.8 Å². The summed E-state index contributed by atoms with van der Waals surface area (Å²) in [5, 5.41) is 11.0. The van der Waals surface area contributed by atoms with Crippen LogP contribution in [-0.2, 0) is 14.3 Å². The van der Waals surface area contributed by atoms with E-state index in [0.29, 0.717) is 47.6 Å². The highest BCUT2D eigenvalue weighted by molar-refractivity contribution is 6.32. The highest BCUT2D eigenvalue weighted by Crippen LogP contribution is 2.43. The Labute approximate surface area is 289 Å². The first-order chi connectivity index (χ1) is 22.7. The molecule has 0 spiro atoms. The Balaban J connectivity index is 1.57. The molecule has 0 saturated carbocycles. The molecular weight excluding hydrogens is 626 g/mol. The number of anilines is 1. The molecule has 2 aromatic carbocycles. The number of nitrogens with zero attached hydrogens (tertiary/aromatic N) is 3. The fourth-order valence-electron chi connectivity index (χ4n) is 6.96. The molecule has 1 N–H and O–H groups in total. The van der Waals surface area contributed by atoms with E-state index in [4.69, 9.17) is 30.8 Å². The maximum absolute atomic E-state index is 12.9. The van der Waals surface area contributed by atoms with Gasteiger partial charge in [-0.3, -0.25) is 4.40 Å². The molecule has 1 saturated heterocycles. The van der Waals surface area contributed by atoms with Gasteiger partial charge < -0.3 is 24.2 Å². The lowest BCUT2D eigenvalue weighted by Gasteiger charge is -2.42. The first-order valence-corrected chi connectivity index (χ1v) is 17.5. The minimum atomic E-state index is -1.20. The number of pyridine rings is 1. The third-order valence-corrected chi connectivity index (χ3v) is 9.86. The summed E-state index contributed by atoms with van der Waals surface area (Å²) in [7, 11) is 0. The minimum absolute atomic E-state index is 0.0553. The van der Waals surface area contributed by atoms with Gasteiger partial charge in [-0.05, 0) is 116 Å². The number of carbonyl (C=O) groups is 1. The molecule has 4 aromatic rings. The van der Waals surface area contributed by atoms with Gasteiger partial charge in [-0.15, -0.1) is 0 Å². The molecule has 48 heavy (non-hydrogen) atoms. The maximum atomic E-state index is 12.9. The number of hydrogen-bond donors (Lipinski definition) is 1. The number of piperidine rings is 1. The predicted octanol–water partition coefficient (Wildman–Crippen LogP) is 9.21. The summed E-state index contributed by atoms with van der Waals surface area (Å²) in [6.07, 6.45) is 3.32. The fourth-order valence-corrected chi connectivity index (χ4v) is 7.28. The zero-order valence-electron chi connectivity index (χ0n) is 29.2. The molecule has 0 amide bonds. The Morgan fingerprint density at radius 1 is 1.08 bits per heavy atom. The standard InChI is InChI=1S/C39H48ClN3O5/c1-24-14-15-30-29(21-24)27-12-10-13-28(23-27)33-35(40)43-31(41-33)22-25(2)32(34(37(44)45)48-38(4,5)6)36(43)42-18-16-39(7,17-19-42)46-20-9-8-11-26(3)47-30/h10,12-15,21-23,26,34H,8-9,11,16-20H2,1-7H3,(H,44,45)/t26-,34+/m1/s1. The van der Waals surface area contributed by atoms with Crippen LogP contribution >= 0.6 is 11.6 Å². The summed E-state index contributed by atoms with van der Waals surface area (Å²) < 4.78 is 21.2. The molecule has 6 bridgehead atoms. The fraction of sp³-hybridized carbons (Fsp3) is 0.487. The van der Waals surface area contributed by atoms with Crippen LogP contribution in [-0.4, -0.2) is 57.5 Å². The number of aliphatic carboxylic acids is 1. The molecule has 0 unspecified atom stereocenters. The van der Waals surface area contributed by atoms with Crippen molar-refractivity contribution in [3.8, 4) is 28.1 Å². The smallest absolute Gasteiger partial charge is 0.337 e. The first kappa shape index (κ1) is 34.3. The van der Waals surface area contributed by atoms with Crippen LogP contribution in [0.15, 0.2) is 48.5 Å². The topological polar surface area (TPSA) is 85.5 Å². The van der Waals surface area contributed by atoms with Crippen molar-refractivity contribution in [3.63, 3.8) is 0 Å². The Morgan fingerprint density at radius 2 is 1.81 bits per heavy atom. The Kier molecular flexibility index (Phi) is 9.55. The molecule has 5 heterocycles. The minimum Gasteiger partial charge on any atom is -0.490 e. The molecule has 2 aromatic heterocycles. The van der Waals surface area contributed by atoms with E-state index in [2.05, 4.69) is 56.0 Å². The summed E-state index contributed by atoms with van der Waals surface area (Å²) in [5.41, 5.74) is 5.71. The van der Waals surface area contributed by atoms with Crippen molar-refractivity contribution in [3.05, 3.63) is 70.4 Å². The summed E-state index contributed by atoms with van der Waals surface area (Å²) in [6, 6.07) is 16.4. The average Bonchev–Trinajstić information content (AvgIpc) is 3.35. The lowest BCUT2D eigenvalue weighted by atomic mass is 9.92. The van der Waals surface area contributed by atoms with Crippen LogP contribution in [0.2, 0.25) is 5.15 Å². The van der Waals surface area contributed by atoms with Crippen LogP contribution in [0.1, 0.15) is 89.5 Å². The highest BCUT2D eigenvalue weighted by Gasteiger charge is 2.38. The van der Waals surface area contributed by atoms with Crippen LogP contribution < -0.4 is 9.64 Å². The second kappa shape index (κ2) is 13.4. The quantitative estimate of drug-likeness (QED) is 0.232. The molecule has 1 fully saturated rings. The number of ether oxygens (including phenoxy) is 3. The average molecular weight is 674 g/mol. The zero-order chi connectivity index (χ0) is 34.4. The van der Waals surface area contributed by atoms with Gasteiger partial charge in [-0.2, -0.15) is 0 Å². The summed E-state index contributed by atoms with van der Waals surface area (Å²) in [4.78, 5) is 20.2. The normalized spacial score (nSPS) is 21.2. The molecule has 0 aliphatic carbocycles. The van der Waals surface area contributed by atoms with E-state index in [0.717, 1.165) is 65.7 Å². The number of fused-ring (bicyclic) bond motifs is 8.